The van der Waals surface area contributed by atoms with Gasteiger partial charge in [-0.3, -0.25) is 4.90 Å². The molecule has 2 atom stereocenters. The van der Waals surface area contributed by atoms with Gasteiger partial charge in [-0.25, -0.2) is 4.39 Å². The summed E-state index contributed by atoms with van der Waals surface area (Å²) in [5.74, 6) is 0.154. The van der Waals surface area contributed by atoms with Crippen LogP contribution in [0, 0.1) is 17.2 Å². The Morgan fingerprint density at radius 3 is 2.92 bits per heavy atom. The average molecular weight is 186 g/mol. The lowest BCUT2D eigenvalue weighted by atomic mass is 10.1. The molecule has 13 heavy (non-hydrogen) atoms. The molecular weight excluding hydrogens is 171 g/mol. The van der Waals surface area contributed by atoms with Crippen LogP contribution in [0.25, 0.3) is 0 Å². The summed E-state index contributed by atoms with van der Waals surface area (Å²) >= 11 is 0. The van der Waals surface area contributed by atoms with E-state index in [1.54, 1.807) is 6.07 Å². The second-order valence-corrected chi connectivity index (χ2v) is 3.85. The van der Waals surface area contributed by atoms with Gasteiger partial charge in [0.2, 0.25) is 5.67 Å². The molecule has 4 heteroatoms. The summed E-state index contributed by atoms with van der Waals surface area (Å²) in [5.41, 5.74) is -1.66. The van der Waals surface area contributed by atoms with Crippen LogP contribution >= 0.6 is 0 Å². The lowest BCUT2D eigenvalue weighted by molar-refractivity contribution is 0.173. The fourth-order valence-electron chi connectivity index (χ4n) is 1.59. The van der Waals surface area contributed by atoms with E-state index in [1.165, 1.54) is 0 Å². The van der Waals surface area contributed by atoms with E-state index in [-0.39, 0.29) is 19.1 Å². The first-order chi connectivity index (χ1) is 6.09. The number of nitriles is 1. The van der Waals surface area contributed by atoms with Crippen molar-refractivity contribution in [1.29, 1.82) is 5.26 Å². The number of nitrogens with zero attached hydrogens (tertiary/aromatic N) is 2. The number of rotatable bonds is 3. The number of aliphatic hydroxyl groups excluding tert-OH is 1. The molecule has 1 aliphatic rings. The maximum atomic E-state index is 13.4. The van der Waals surface area contributed by atoms with E-state index >= 15 is 0 Å². The van der Waals surface area contributed by atoms with Crippen molar-refractivity contribution in [3.63, 3.8) is 0 Å². The van der Waals surface area contributed by atoms with E-state index in [4.69, 9.17) is 10.4 Å². The number of hydrogen-bond donors (Lipinski definition) is 1. The Balaban J connectivity index is 2.38. The quantitative estimate of drug-likeness (QED) is 0.700. The number of halogens is 1. The minimum atomic E-state index is -1.66. The van der Waals surface area contributed by atoms with E-state index in [1.807, 2.05) is 11.8 Å². The van der Waals surface area contributed by atoms with Gasteiger partial charge in [-0.2, -0.15) is 5.26 Å². The maximum absolute atomic E-state index is 13.4. The molecular formula is C9H15FN2O. The standard InChI is InChI=1S/C9H15FN2O/c1-8(5-13)4-12-3-2-9(10,6-11)7-12/h8,13H,2-5,7H2,1H3. The van der Waals surface area contributed by atoms with Gasteiger partial charge in [-0.15, -0.1) is 0 Å². The Kier molecular flexibility index (Phi) is 3.23. The van der Waals surface area contributed by atoms with Gasteiger partial charge in [-0.1, -0.05) is 6.92 Å². The molecule has 0 saturated carbocycles. The molecule has 1 rings (SSSR count). The minimum Gasteiger partial charge on any atom is -0.396 e. The largest absolute Gasteiger partial charge is 0.396 e. The molecule has 0 aromatic rings. The lowest BCUT2D eigenvalue weighted by Gasteiger charge is -2.19. The van der Waals surface area contributed by atoms with Gasteiger partial charge >= 0.3 is 0 Å². The van der Waals surface area contributed by atoms with Crippen molar-refractivity contribution in [2.75, 3.05) is 26.2 Å². The Morgan fingerprint density at radius 1 is 1.77 bits per heavy atom. The van der Waals surface area contributed by atoms with E-state index in [2.05, 4.69) is 0 Å². The molecule has 1 heterocycles. The maximum Gasteiger partial charge on any atom is 0.209 e. The van der Waals surface area contributed by atoms with Crippen LogP contribution in [0.3, 0.4) is 0 Å². The summed E-state index contributed by atoms with van der Waals surface area (Å²) < 4.78 is 13.4. The zero-order valence-electron chi connectivity index (χ0n) is 7.83. The van der Waals surface area contributed by atoms with Crippen molar-refractivity contribution in [2.24, 2.45) is 5.92 Å². The van der Waals surface area contributed by atoms with E-state index in [9.17, 15) is 4.39 Å². The predicted octanol–water partition coefficient (Wildman–Crippen LogP) is 0.552. The van der Waals surface area contributed by atoms with Crippen LogP contribution in [-0.4, -0.2) is 41.9 Å². The third kappa shape index (κ3) is 2.64. The van der Waals surface area contributed by atoms with Gasteiger partial charge in [0, 0.05) is 32.7 Å². The summed E-state index contributed by atoms with van der Waals surface area (Å²) in [5, 5.41) is 17.3. The van der Waals surface area contributed by atoms with Crippen LogP contribution in [0.15, 0.2) is 0 Å². The first kappa shape index (κ1) is 10.4. The first-order valence-electron chi connectivity index (χ1n) is 4.53. The Bertz CT molecular complexity index is 216. The molecule has 0 aliphatic carbocycles. The Morgan fingerprint density at radius 2 is 2.46 bits per heavy atom. The summed E-state index contributed by atoms with van der Waals surface area (Å²) in [6.45, 7) is 3.50. The molecule has 0 bridgehead atoms. The normalized spacial score (nSPS) is 31.5. The number of alkyl halides is 1. The molecule has 2 unspecified atom stereocenters. The van der Waals surface area contributed by atoms with Crippen LogP contribution in [0.2, 0.25) is 0 Å². The van der Waals surface area contributed by atoms with Crippen molar-refractivity contribution in [3.8, 4) is 6.07 Å². The van der Waals surface area contributed by atoms with Gasteiger partial charge in [0.25, 0.3) is 0 Å². The fourth-order valence-corrected chi connectivity index (χ4v) is 1.59. The Labute approximate surface area is 77.8 Å². The van der Waals surface area contributed by atoms with Crippen molar-refractivity contribution >= 4 is 0 Å². The predicted molar refractivity (Wildman–Crippen MR) is 46.8 cm³/mol. The topological polar surface area (TPSA) is 47.3 Å². The van der Waals surface area contributed by atoms with Gasteiger partial charge in [0.15, 0.2) is 0 Å². The molecule has 0 radical (unpaired) electrons. The van der Waals surface area contributed by atoms with Gasteiger partial charge in [-0.05, 0) is 5.92 Å². The fraction of sp³-hybridized carbons (Fsp3) is 0.889. The van der Waals surface area contributed by atoms with Gasteiger partial charge in [0.05, 0.1) is 0 Å². The molecule has 0 amide bonds. The summed E-state index contributed by atoms with van der Waals surface area (Å²) in [4.78, 5) is 1.89. The van der Waals surface area contributed by atoms with Crippen LogP contribution in [-0.2, 0) is 0 Å². The SMILES string of the molecule is CC(CO)CN1CCC(F)(C#N)C1. The van der Waals surface area contributed by atoms with Crippen LogP contribution in [0.1, 0.15) is 13.3 Å². The monoisotopic (exact) mass is 186 g/mol. The van der Waals surface area contributed by atoms with E-state index < -0.39 is 5.67 Å². The molecule has 0 spiro atoms. The van der Waals surface area contributed by atoms with Crippen molar-refractivity contribution < 1.29 is 9.50 Å². The van der Waals surface area contributed by atoms with Crippen molar-refractivity contribution in [3.05, 3.63) is 0 Å². The van der Waals surface area contributed by atoms with Crippen molar-refractivity contribution in [1.82, 2.24) is 4.90 Å². The average Bonchev–Trinajstić information content (AvgIpc) is 2.48. The van der Waals surface area contributed by atoms with E-state index in [0.717, 1.165) is 0 Å². The number of likely N-dealkylation sites (tertiary alicyclic amines) is 1. The highest BCUT2D eigenvalue weighted by Crippen LogP contribution is 2.24. The number of aliphatic hydroxyl groups is 1. The molecule has 1 aliphatic heterocycles. The van der Waals surface area contributed by atoms with Crippen molar-refractivity contribution in [2.45, 2.75) is 19.0 Å². The third-order valence-corrected chi connectivity index (χ3v) is 2.38. The van der Waals surface area contributed by atoms with Gasteiger partial charge < -0.3 is 5.11 Å². The molecule has 1 saturated heterocycles. The molecule has 1 fully saturated rings. The molecule has 0 aromatic carbocycles. The summed E-state index contributed by atoms with van der Waals surface area (Å²) in [6, 6.07) is 1.69. The van der Waals surface area contributed by atoms with Crippen LogP contribution in [0.4, 0.5) is 4.39 Å². The second-order valence-electron chi connectivity index (χ2n) is 3.85. The third-order valence-electron chi connectivity index (χ3n) is 2.38. The molecule has 3 nitrogen and oxygen atoms in total. The first-order valence-corrected chi connectivity index (χ1v) is 4.53. The molecule has 0 aromatic heterocycles. The second kappa shape index (κ2) is 4.03. The summed E-state index contributed by atoms with van der Waals surface area (Å²) in [6.07, 6.45) is 0.293. The lowest BCUT2D eigenvalue weighted by Crippen LogP contribution is -2.31. The minimum absolute atomic E-state index is 0.113. The zero-order chi connectivity index (χ0) is 9.90. The van der Waals surface area contributed by atoms with Crippen LogP contribution < -0.4 is 0 Å². The molecule has 74 valence electrons. The summed E-state index contributed by atoms with van der Waals surface area (Å²) in [7, 11) is 0. The highest BCUT2D eigenvalue weighted by Gasteiger charge is 2.38. The number of hydrogen-bond acceptors (Lipinski definition) is 3. The highest BCUT2D eigenvalue weighted by molar-refractivity contribution is 5.06. The molecule has 1 N–H and O–H groups in total. The highest BCUT2D eigenvalue weighted by atomic mass is 19.1. The van der Waals surface area contributed by atoms with Gasteiger partial charge in [0.1, 0.15) is 6.07 Å². The van der Waals surface area contributed by atoms with E-state index in [0.29, 0.717) is 19.5 Å². The zero-order valence-corrected chi connectivity index (χ0v) is 7.83. The Hall–Kier alpha value is -0.660. The van der Waals surface area contributed by atoms with Crippen LogP contribution in [0.5, 0.6) is 0 Å². The smallest absolute Gasteiger partial charge is 0.209 e.